The van der Waals surface area contributed by atoms with Crippen molar-refractivity contribution in [3.63, 3.8) is 0 Å². The lowest BCUT2D eigenvalue weighted by molar-refractivity contribution is -0.134. The molecule has 0 saturated heterocycles. The normalized spacial score (nSPS) is 16.4. The zero-order valence-corrected chi connectivity index (χ0v) is 11.5. The van der Waals surface area contributed by atoms with E-state index in [0.717, 1.165) is 11.1 Å². The van der Waals surface area contributed by atoms with Crippen molar-refractivity contribution in [1.29, 1.82) is 0 Å². The maximum Gasteiger partial charge on any atom is 0.389 e. The number of sulfonamides is 1. The van der Waals surface area contributed by atoms with Crippen LogP contribution in [0.4, 0.5) is 18.9 Å². The largest absolute Gasteiger partial charge is 0.399 e. The van der Waals surface area contributed by atoms with Crippen molar-refractivity contribution in [2.24, 2.45) is 0 Å². The molecule has 20 heavy (non-hydrogen) atoms. The van der Waals surface area contributed by atoms with Gasteiger partial charge in [0.15, 0.2) is 0 Å². The summed E-state index contributed by atoms with van der Waals surface area (Å²) in [5.41, 5.74) is 7.82. The monoisotopic (exact) mass is 308 g/mol. The summed E-state index contributed by atoms with van der Waals surface area (Å²) < 4.78 is 61.3. The van der Waals surface area contributed by atoms with Crippen LogP contribution >= 0.6 is 0 Å². The highest BCUT2D eigenvalue weighted by Gasteiger charge is 2.31. The number of halogens is 3. The Labute approximate surface area is 115 Å². The van der Waals surface area contributed by atoms with Gasteiger partial charge in [0.2, 0.25) is 10.0 Å². The Morgan fingerprint density at radius 2 is 1.85 bits per heavy atom. The third kappa shape index (κ3) is 3.63. The molecule has 2 N–H and O–H groups in total. The van der Waals surface area contributed by atoms with Crippen LogP contribution in [0.25, 0.3) is 0 Å². The molecule has 0 fully saturated rings. The number of hydrogen-bond acceptors (Lipinski definition) is 3. The van der Waals surface area contributed by atoms with Gasteiger partial charge in [-0.05, 0) is 29.7 Å². The van der Waals surface area contributed by atoms with Crippen LogP contribution in [0.3, 0.4) is 0 Å². The molecule has 0 saturated carbocycles. The summed E-state index contributed by atoms with van der Waals surface area (Å²) in [5.74, 6) is -0.490. The van der Waals surface area contributed by atoms with Crippen LogP contribution in [-0.2, 0) is 23.1 Å². The molecular formula is C12H15F3N2O2S. The van der Waals surface area contributed by atoms with Gasteiger partial charge in [-0.2, -0.15) is 17.5 Å². The van der Waals surface area contributed by atoms with Gasteiger partial charge < -0.3 is 5.73 Å². The highest BCUT2D eigenvalue weighted by Crippen LogP contribution is 2.28. The Hall–Kier alpha value is -1.28. The molecule has 1 aliphatic rings. The molecule has 1 aromatic rings. The van der Waals surface area contributed by atoms with Crippen molar-refractivity contribution in [2.45, 2.75) is 32.1 Å². The van der Waals surface area contributed by atoms with Crippen LogP contribution in [0.15, 0.2) is 18.2 Å². The van der Waals surface area contributed by atoms with E-state index in [2.05, 4.69) is 0 Å². The number of nitrogen functional groups attached to an aromatic ring is 1. The van der Waals surface area contributed by atoms with Gasteiger partial charge in [-0.3, -0.25) is 0 Å². The number of anilines is 1. The first-order chi connectivity index (χ1) is 9.17. The molecule has 0 aliphatic carbocycles. The van der Waals surface area contributed by atoms with E-state index in [4.69, 9.17) is 5.73 Å². The lowest BCUT2D eigenvalue weighted by Gasteiger charge is -2.15. The van der Waals surface area contributed by atoms with Crippen molar-refractivity contribution < 1.29 is 21.6 Å². The van der Waals surface area contributed by atoms with Gasteiger partial charge in [0, 0.05) is 25.2 Å². The number of nitrogens with two attached hydrogens (primary N) is 1. The van der Waals surface area contributed by atoms with Gasteiger partial charge >= 0.3 is 6.18 Å². The molecule has 8 heteroatoms. The fourth-order valence-electron chi connectivity index (χ4n) is 2.16. The predicted octanol–water partition coefficient (Wildman–Crippen LogP) is 2.26. The third-order valence-electron chi connectivity index (χ3n) is 3.18. The fourth-order valence-corrected chi connectivity index (χ4v) is 3.60. The summed E-state index contributed by atoms with van der Waals surface area (Å²) in [6, 6.07) is 5.12. The molecular weight excluding hydrogens is 293 g/mol. The number of fused-ring (bicyclic) bond motifs is 1. The summed E-state index contributed by atoms with van der Waals surface area (Å²) in [6.45, 7) is 0.374. The van der Waals surface area contributed by atoms with Gasteiger partial charge in [0.05, 0.1) is 5.75 Å². The maximum absolute atomic E-state index is 12.0. The summed E-state index contributed by atoms with van der Waals surface area (Å²) >= 11 is 0. The van der Waals surface area contributed by atoms with Crippen LogP contribution in [0.1, 0.15) is 24.0 Å². The van der Waals surface area contributed by atoms with E-state index in [-0.39, 0.29) is 13.1 Å². The SMILES string of the molecule is Nc1ccc2c(c1)CN(S(=O)(=O)CCCC(F)(F)F)C2. The van der Waals surface area contributed by atoms with Crippen molar-refractivity contribution in [3.8, 4) is 0 Å². The van der Waals surface area contributed by atoms with Crippen molar-refractivity contribution in [3.05, 3.63) is 29.3 Å². The van der Waals surface area contributed by atoms with E-state index in [0.29, 0.717) is 5.69 Å². The topological polar surface area (TPSA) is 63.4 Å². The van der Waals surface area contributed by atoms with Crippen molar-refractivity contribution in [1.82, 2.24) is 4.31 Å². The number of rotatable bonds is 4. The lowest BCUT2D eigenvalue weighted by Crippen LogP contribution is -2.28. The second kappa shape index (κ2) is 5.25. The molecule has 2 rings (SSSR count). The zero-order chi connectivity index (χ0) is 15.0. The molecule has 4 nitrogen and oxygen atoms in total. The maximum atomic E-state index is 12.0. The first-order valence-corrected chi connectivity index (χ1v) is 7.70. The lowest BCUT2D eigenvalue weighted by atomic mass is 10.1. The third-order valence-corrected chi connectivity index (χ3v) is 5.03. The first-order valence-electron chi connectivity index (χ1n) is 6.09. The number of hydrogen-bond donors (Lipinski definition) is 1. The van der Waals surface area contributed by atoms with Crippen molar-refractivity contribution in [2.75, 3.05) is 11.5 Å². The summed E-state index contributed by atoms with van der Waals surface area (Å²) in [5, 5.41) is 0. The van der Waals surface area contributed by atoms with Crippen LogP contribution in [0.2, 0.25) is 0 Å². The molecule has 1 aliphatic heterocycles. The average molecular weight is 308 g/mol. The van der Waals surface area contributed by atoms with Crippen molar-refractivity contribution >= 4 is 15.7 Å². The van der Waals surface area contributed by atoms with Crippen LogP contribution in [0, 0.1) is 0 Å². The standard InChI is InChI=1S/C12H15F3N2O2S/c13-12(14,15)4-1-5-20(18,19)17-7-9-2-3-11(16)6-10(9)8-17/h2-3,6H,1,4-5,7-8,16H2. The van der Waals surface area contributed by atoms with E-state index in [1.807, 2.05) is 0 Å². The highest BCUT2D eigenvalue weighted by molar-refractivity contribution is 7.89. The molecule has 0 radical (unpaired) electrons. The van der Waals surface area contributed by atoms with Gasteiger partial charge in [-0.1, -0.05) is 6.07 Å². The van der Waals surface area contributed by atoms with E-state index >= 15 is 0 Å². The van der Waals surface area contributed by atoms with Gasteiger partial charge in [0.25, 0.3) is 0 Å². The smallest absolute Gasteiger partial charge is 0.389 e. The second-order valence-corrected chi connectivity index (χ2v) is 6.92. The predicted molar refractivity (Wildman–Crippen MR) is 69.2 cm³/mol. The Balaban J connectivity index is 1.99. The molecule has 0 amide bonds. The molecule has 112 valence electrons. The second-order valence-electron chi connectivity index (χ2n) is 4.83. The Morgan fingerprint density at radius 3 is 2.50 bits per heavy atom. The van der Waals surface area contributed by atoms with E-state index < -0.39 is 34.8 Å². The van der Waals surface area contributed by atoms with Gasteiger partial charge in [-0.25, -0.2) is 8.42 Å². The summed E-state index contributed by atoms with van der Waals surface area (Å²) in [4.78, 5) is 0. The van der Waals surface area contributed by atoms with Gasteiger partial charge in [0.1, 0.15) is 0 Å². The molecule has 0 atom stereocenters. The summed E-state index contributed by atoms with van der Waals surface area (Å²) in [6.07, 6.45) is -5.82. The molecule has 0 bridgehead atoms. The minimum atomic E-state index is -4.32. The summed E-state index contributed by atoms with van der Waals surface area (Å²) in [7, 11) is -3.67. The highest BCUT2D eigenvalue weighted by atomic mass is 32.2. The minimum Gasteiger partial charge on any atom is -0.399 e. The number of nitrogens with zero attached hydrogens (tertiary/aromatic N) is 1. The number of alkyl halides is 3. The molecule has 0 spiro atoms. The number of benzene rings is 1. The fraction of sp³-hybridized carbons (Fsp3) is 0.500. The van der Waals surface area contributed by atoms with E-state index in [9.17, 15) is 21.6 Å². The molecule has 0 aromatic heterocycles. The molecule has 0 unspecified atom stereocenters. The quantitative estimate of drug-likeness (QED) is 0.868. The van der Waals surface area contributed by atoms with E-state index in [1.165, 1.54) is 4.31 Å². The van der Waals surface area contributed by atoms with E-state index in [1.54, 1.807) is 18.2 Å². The van der Waals surface area contributed by atoms with Gasteiger partial charge in [-0.15, -0.1) is 0 Å². The minimum absolute atomic E-state index is 0.175. The van der Waals surface area contributed by atoms with Crippen LogP contribution < -0.4 is 5.73 Å². The van der Waals surface area contributed by atoms with Crippen LogP contribution in [-0.4, -0.2) is 24.7 Å². The van der Waals surface area contributed by atoms with Crippen LogP contribution in [0.5, 0.6) is 0 Å². The first kappa shape index (κ1) is 15.1. The zero-order valence-electron chi connectivity index (χ0n) is 10.7. The Bertz CT molecular complexity index is 599. The Kier molecular flexibility index (Phi) is 3.97. The Morgan fingerprint density at radius 1 is 1.20 bits per heavy atom. The average Bonchev–Trinajstić information content (AvgIpc) is 2.70. The molecule has 1 aromatic carbocycles. The molecule has 1 heterocycles.